The van der Waals surface area contributed by atoms with Gasteiger partial charge in [0.2, 0.25) is 5.91 Å². The summed E-state index contributed by atoms with van der Waals surface area (Å²) >= 11 is 5.89. The highest BCUT2D eigenvalue weighted by Crippen LogP contribution is 2.27. The Kier molecular flexibility index (Phi) is 3.73. The number of nitrogens with two attached hydrogens (primary N) is 1. The predicted molar refractivity (Wildman–Crippen MR) is 73.7 cm³/mol. The molecule has 0 aromatic heterocycles. The molecule has 1 aromatic carbocycles. The fraction of sp³-hybridized carbons (Fsp3) is 0.417. The summed E-state index contributed by atoms with van der Waals surface area (Å²) in [6.07, 6.45) is 1.81. The van der Waals surface area contributed by atoms with Crippen molar-refractivity contribution in [2.45, 2.75) is 36.0 Å². The van der Waals surface area contributed by atoms with Crippen LogP contribution >= 0.6 is 11.6 Å². The Bertz CT molecular complexity index is 611. The van der Waals surface area contributed by atoms with Crippen LogP contribution in [0.1, 0.15) is 19.8 Å². The van der Waals surface area contributed by atoms with Gasteiger partial charge in [0.25, 0.3) is 0 Å². The number of hydrogen-bond donors (Lipinski definition) is 2. The van der Waals surface area contributed by atoms with Gasteiger partial charge in [0, 0.05) is 11.7 Å². The van der Waals surface area contributed by atoms with E-state index in [-0.39, 0.29) is 16.0 Å². The normalized spacial score (nSPS) is 16.9. The third-order valence-electron chi connectivity index (χ3n) is 3.02. The molecule has 0 spiro atoms. The van der Waals surface area contributed by atoms with Crippen LogP contribution in [0.4, 0.5) is 5.69 Å². The van der Waals surface area contributed by atoms with Gasteiger partial charge in [-0.25, -0.2) is 8.42 Å². The number of nitrogens with one attached hydrogen (secondary N) is 1. The minimum atomic E-state index is -3.80. The number of rotatable bonds is 4. The predicted octanol–water partition coefficient (Wildman–Crippen LogP) is 1.36. The monoisotopic (exact) mass is 302 g/mol. The van der Waals surface area contributed by atoms with Crippen molar-refractivity contribution in [1.29, 1.82) is 0 Å². The van der Waals surface area contributed by atoms with Gasteiger partial charge < -0.3 is 11.1 Å². The molecule has 1 amide bonds. The van der Waals surface area contributed by atoms with Crippen LogP contribution in [0.5, 0.6) is 0 Å². The number of hydrogen-bond acceptors (Lipinski definition) is 4. The van der Waals surface area contributed by atoms with E-state index in [0.717, 1.165) is 12.8 Å². The highest BCUT2D eigenvalue weighted by molar-refractivity contribution is 7.92. The molecule has 3 N–H and O–H groups in total. The van der Waals surface area contributed by atoms with Crippen LogP contribution in [0.15, 0.2) is 23.1 Å². The van der Waals surface area contributed by atoms with E-state index in [9.17, 15) is 13.2 Å². The zero-order valence-electron chi connectivity index (χ0n) is 10.4. The van der Waals surface area contributed by atoms with E-state index in [0.29, 0.717) is 5.69 Å². The number of benzene rings is 1. The van der Waals surface area contributed by atoms with Crippen LogP contribution in [-0.2, 0) is 14.6 Å². The van der Waals surface area contributed by atoms with Crippen LogP contribution in [0, 0.1) is 0 Å². The number of nitrogen functional groups attached to an aromatic ring is 1. The second-order valence-electron chi connectivity index (χ2n) is 4.66. The molecule has 1 aliphatic rings. The second kappa shape index (κ2) is 5.02. The summed E-state index contributed by atoms with van der Waals surface area (Å²) in [5.74, 6) is -0.490. The summed E-state index contributed by atoms with van der Waals surface area (Å²) in [4.78, 5) is 11.8. The Balaban J connectivity index is 2.27. The van der Waals surface area contributed by atoms with Crippen LogP contribution in [-0.4, -0.2) is 25.6 Å². The van der Waals surface area contributed by atoms with Crippen molar-refractivity contribution in [3.8, 4) is 0 Å². The molecule has 1 unspecified atom stereocenters. The summed E-state index contributed by atoms with van der Waals surface area (Å²) in [7, 11) is -3.80. The Morgan fingerprint density at radius 3 is 2.63 bits per heavy atom. The molecule has 1 aromatic rings. The Hall–Kier alpha value is -1.27. The van der Waals surface area contributed by atoms with E-state index >= 15 is 0 Å². The molecule has 1 saturated carbocycles. The molecular weight excluding hydrogens is 288 g/mol. The SMILES string of the molecule is CC(C(=O)NC1CC1)S(=O)(=O)c1ccc(N)cc1Cl. The van der Waals surface area contributed by atoms with Gasteiger partial charge in [0.05, 0.1) is 9.92 Å². The molecule has 104 valence electrons. The highest BCUT2D eigenvalue weighted by atomic mass is 35.5. The van der Waals surface area contributed by atoms with E-state index in [4.69, 9.17) is 17.3 Å². The third kappa shape index (κ3) is 3.01. The lowest BCUT2D eigenvalue weighted by molar-refractivity contribution is -0.120. The largest absolute Gasteiger partial charge is 0.399 e. The molecule has 0 heterocycles. The first-order chi connectivity index (χ1) is 8.82. The topological polar surface area (TPSA) is 89.3 Å². The third-order valence-corrected chi connectivity index (χ3v) is 5.56. The Morgan fingerprint density at radius 1 is 1.47 bits per heavy atom. The van der Waals surface area contributed by atoms with Crippen molar-refractivity contribution in [2.24, 2.45) is 0 Å². The van der Waals surface area contributed by atoms with Crippen molar-refractivity contribution in [2.75, 3.05) is 5.73 Å². The lowest BCUT2D eigenvalue weighted by Gasteiger charge is -2.14. The lowest BCUT2D eigenvalue weighted by atomic mass is 10.3. The van der Waals surface area contributed by atoms with Gasteiger partial charge in [-0.1, -0.05) is 11.6 Å². The average molecular weight is 303 g/mol. The first-order valence-electron chi connectivity index (χ1n) is 5.91. The molecule has 0 aliphatic heterocycles. The molecular formula is C12H15ClN2O3S. The minimum absolute atomic E-state index is 0.0334. The maximum Gasteiger partial charge on any atom is 0.238 e. The van der Waals surface area contributed by atoms with Crippen molar-refractivity contribution >= 4 is 33.0 Å². The summed E-state index contributed by atoms with van der Waals surface area (Å²) in [6, 6.07) is 4.25. The molecule has 19 heavy (non-hydrogen) atoms. The summed E-state index contributed by atoms with van der Waals surface area (Å²) in [5, 5.41) is 1.54. The zero-order chi connectivity index (χ0) is 14.2. The number of carbonyl (C=O) groups is 1. The molecule has 0 bridgehead atoms. The molecule has 1 aliphatic carbocycles. The number of halogens is 1. The number of sulfone groups is 1. The van der Waals surface area contributed by atoms with Crippen molar-refractivity contribution in [3.05, 3.63) is 23.2 Å². The lowest BCUT2D eigenvalue weighted by Crippen LogP contribution is -2.39. The van der Waals surface area contributed by atoms with Crippen LogP contribution in [0.25, 0.3) is 0 Å². The fourth-order valence-corrected chi connectivity index (χ4v) is 3.46. The quantitative estimate of drug-likeness (QED) is 0.822. The van der Waals surface area contributed by atoms with E-state index in [1.54, 1.807) is 0 Å². The van der Waals surface area contributed by atoms with Gasteiger partial charge in [0.15, 0.2) is 9.84 Å². The highest BCUT2D eigenvalue weighted by Gasteiger charge is 2.34. The molecule has 5 nitrogen and oxygen atoms in total. The molecule has 0 radical (unpaired) electrons. The van der Waals surface area contributed by atoms with E-state index in [2.05, 4.69) is 5.32 Å². The van der Waals surface area contributed by atoms with E-state index in [1.165, 1.54) is 25.1 Å². The van der Waals surface area contributed by atoms with Crippen LogP contribution in [0.3, 0.4) is 0 Å². The Morgan fingerprint density at radius 2 is 2.11 bits per heavy atom. The first-order valence-corrected chi connectivity index (χ1v) is 7.84. The maximum atomic E-state index is 12.3. The van der Waals surface area contributed by atoms with Gasteiger partial charge in [-0.3, -0.25) is 4.79 Å². The van der Waals surface area contributed by atoms with Crippen LogP contribution < -0.4 is 11.1 Å². The standard InChI is InChI=1S/C12H15ClN2O3S/c1-7(12(16)15-9-3-4-9)19(17,18)11-5-2-8(14)6-10(11)13/h2,5-7,9H,3-4,14H2,1H3,(H,15,16). The molecule has 0 saturated heterocycles. The molecule has 1 fully saturated rings. The first kappa shape index (κ1) is 14.1. The van der Waals surface area contributed by atoms with Crippen LogP contribution in [0.2, 0.25) is 5.02 Å². The van der Waals surface area contributed by atoms with Gasteiger partial charge >= 0.3 is 0 Å². The number of amides is 1. The van der Waals surface area contributed by atoms with Crippen molar-refractivity contribution in [1.82, 2.24) is 5.32 Å². The summed E-state index contributed by atoms with van der Waals surface area (Å²) in [6.45, 7) is 1.36. The zero-order valence-corrected chi connectivity index (χ0v) is 12.0. The van der Waals surface area contributed by atoms with E-state index < -0.39 is 21.0 Å². The summed E-state index contributed by atoms with van der Waals surface area (Å²) < 4.78 is 24.6. The molecule has 2 rings (SSSR count). The average Bonchev–Trinajstić information content (AvgIpc) is 3.11. The van der Waals surface area contributed by atoms with Gasteiger partial charge in [-0.15, -0.1) is 0 Å². The van der Waals surface area contributed by atoms with Gasteiger partial charge in [0.1, 0.15) is 5.25 Å². The second-order valence-corrected chi connectivity index (χ2v) is 7.30. The van der Waals surface area contributed by atoms with Gasteiger partial charge in [-0.2, -0.15) is 0 Å². The van der Waals surface area contributed by atoms with Crippen molar-refractivity contribution < 1.29 is 13.2 Å². The Labute approximate surface area is 117 Å². The smallest absolute Gasteiger partial charge is 0.238 e. The molecule has 1 atom stereocenters. The maximum absolute atomic E-state index is 12.3. The van der Waals surface area contributed by atoms with E-state index in [1.807, 2.05) is 0 Å². The molecule has 7 heteroatoms. The summed E-state index contributed by atoms with van der Waals surface area (Å²) in [5.41, 5.74) is 5.90. The van der Waals surface area contributed by atoms with Gasteiger partial charge in [-0.05, 0) is 38.0 Å². The number of carbonyl (C=O) groups excluding carboxylic acids is 1. The minimum Gasteiger partial charge on any atom is -0.399 e. The fourth-order valence-electron chi connectivity index (χ4n) is 1.63. The number of anilines is 1. The van der Waals surface area contributed by atoms with Crippen molar-refractivity contribution in [3.63, 3.8) is 0 Å².